The minimum atomic E-state index is -4.30. The van der Waals surface area contributed by atoms with E-state index in [1.165, 1.54) is 0 Å². The van der Waals surface area contributed by atoms with E-state index in [0.717, 1.165) is 5.32 Å². The number of halogens is 3. The van der Waals surface area contributed by atoms with E-state index in [-0.39, 0.29) is 0 Å². The second kappa shape index (κ2) is 3.04. The molecule has 1 N–H and O–H groups in total. The van der Waals surface area contributed by atoms with Crippen LogP contribution in [0.15, 0.2) is 0 Å². The normalized spacial score (nSPS) is 10.3. The first-order valence-electron chi connectivity index (χ1n) is 1.96. The number of rotatable bonds is 3. The van der Waals surface area contributed by atoms with E-state index in [1.807, 2.05) is 0 Å². The van der Waals surface area contributed by atoms with Crippen molar-refractivity contribution in [3.8, 4) is 0 Å². The maximum atomic E-state index is 11.8. The van der Waals surface area contributed by atoms with Crippen molar-refractivity contribution < 1.29 is 27.8 Å². The van der Waals surface area contributed by atoms with Crippen LogP contribution < -0.4 is 5.32 Å². The maximum Gasteiger partial charge on any atom is 0.440 e. The molecule has 0 fully saturated rings. The Hall–Kier alpha value is -1.27. The van der Waals surface area contributed by atoms with Crippen LogP contribution in [0.1, 0.15) is 0 Å². The monoisotopic (exact) mass is 157 g/mol. The highest BCUT2D eigenvalue weighted by Crippen LogP contribution is 2.09. The average Bonchev–Trinajstić information content (AvgIpc) is 1.86. The van der Waals surface area contributed by atoms with Crippen LogP contribution in [0.2, 0.25) is 0 Å². The van der Waals surface area contributed by atoms with Gasteiger partial charge in [-0.05, 0) is 0 Å². The molecule has 0 aromatic carbocycles. The number of nitrogens with one attached hydrogen (secondary N) is 1. The van der Waals surface area contributed by atoms with Crippen molar-refractivity contribution >= 4 is 12.4 Å². The van der Waals surface area contributed by atoms with E-state index in [4.69, 9.17) is 0 Å². The van der Waals surface area contributed by atoms with Gasteiger partial charge in [-0.2, -0.15) is 8.78 Å². The number of hydrogen-bond donors (Lipinski definition) is 1. The predicted octanol–water partition coefficient (Wildman–Crippen LogP) is -0.247. The van der Waals surface area contributed by atoms with E-state index < -0.39 is 18.4 Å². The summed E-state index contributed by atoms with van der Waals surface area (Å²) in [6, 6.07) is -4.30. The van der Waals surface area contributed by atoms with Crippen molar-refractivity contribution in [1.82, 2.24) is 5.32 Å². The largest absolute Gasteiger partial charge is 0.440 e. The first-order valence-corrected chi connectivity index (χ1v) is 1.96. The summed E-state index contributed by atoms with van der Waals surface area (Å²) in [5.41, 5.74) is 0. The van der Waals surface area contributed by atoms with Crippen LogP contribution in [0.3, 0.4) is 0 Å². The quantitative estimate of drug-likeness (QED) is 0.454. The highest BCUT2D eigenvalue weighted by molar-refractivity contribution is 5.78. The Bertz CT molecular complexity index is 148. The molecule has 0 aliphatic rings. The van der Waals surface area contributed by atoms with Crippen LogP contribution in [0, 0.1) is 0 Å². The summed E-state index contributed by atoms with van der Waals surface area (Å²) in [6.07, 6.45) is -0.448. The van der Waals surface area contributed by atoms with E-state index in [0.29, 0.717) is 0 Å². The van der Waals surface area contributed by atoms with Gasteiger partial charge in [-0.3, -0.25) is 10.1 Å². The fraction of sp³-hybridized carbons (Fsp3) is 0.333. The third-order valence-electron chi connectivity index (χ3n) is 0.567. The smallest absolute Gasteiger partial charge is 0.290 e. The van der Waals surface area contributed by atoms with Crippen LogP contribution in [0.5, 0.6) is 0 Å². The lowest BCUT2D eigenvalue weighted by molar-refractivity contribution is -0.215. The topological polar surface area (TPSA) is 55.4 Å². The molecule has 0 heterocycles. The van der Waals surface area contributed by atoms with Gasteiger partial charge < -0.3 is 0 Å². The molecule has 0 saturated carbocycles. The van der Waals surface area contributed by atoms with Crippen molar-refractivity contribution in [3.05, 3.63) is 0 Å². The van der Waals surface area contributed by atoms with E-state index in [1.54, 1.807) is 0 Å². The summed E-state index contributed by atoms with van der Waals surface area (Å²) in [6.45, 7) is 0. The third-order valence-corrected chi connectivity index (χ3v) is 0.567. The molecular weight excluding hydrogens is 155 g/mol. The third kappa shape index (κ3) is 1.92. The lowest BCUT2D eigenvalue weighted by atomic mass is 10.6. The van der Waals surface area contributed by atoms with Gasteiger partial charge in [0.05, 0.1) is 0 Å². The zero-order chi connectivity index (χ0) is 8.20. The Morgan fingerprint density at radius 2 is 2.10 bits per heavy atom. The second-order valence-corrected chi connectivity index (χ2v) is 1.20. The van der Waals surface area contributed by atoms with Gasteiger partial charge in [0.15, 0.2) is 0 Å². The SMILES string of the molecule is O=CNC(F)(F)C(=O)OF. The van der Waals surface area contributed by atoms with Gasteiger partial charge in [0.25, 0.3) is 0 Å². The van der Waals surface area contributed by atoms with Crippen LogP contribution in [0.4, 0.5) is 13.3 Å². The van der Waals surface area contributed by atoms with Crippen LogP contribution in [0.25, 0.3) is 0 Å². The van der Waals surface area contributed by atoms with Gasteiger partial charge in [-0.25, -0.2) is 9.74 Å². The van der Waals surface area contributed by atoms with Crippen molar-refractivity contribution in [2.45, 2.75) is 6.05 Å². The molecule has 0 spiro atoms. The van der Waals surface area contributed by atoms with Crippen LogP contribution in [-0.2, 0) is 14.5 Å². The Balaban J connectivity index is 4.08. The first-order chi connectivity index (χ1) is 4.54. The van der Waals surface area contributed by atoms with Crippen molar-refractivity contribution in [3.63, 3.8) is 0 Å². The molecule has 0 bridgehead atoms. The van der Waals surface area contributed by atoms with Crippen LogP contribution >= 0.6 is 0 Å². The molecule has 1 amide bonds. The summed E-state index contributed by atoms with van der Waals surface area (Å²) in [7, 11) is 0. The zero-order valence-corrected chi connectivity index (χ0v) is 4.44. The Kier molecular flexibility index (Phi) is 2.65. The van der Waals surface area contributed by atoms with Gasteiger partial charge in [0.2, 0.25) is 6.41 Å². The lowest BCUT2D eigenvalue weighted by Crippen LogP contribution is -2.43. The maximum absolute atomic E-state index is 11.8. The van der Waals surface area contributed by atoms with Gasteiger partial charge in [-0.1, -0.05) is 0 Å². The highest BCUT2D eigenvalue weighted by atomic mass is 19.3. The lowest BCUT2D eigenvalue weighted by Gasteiger charge is -2.07. The molecule has 10 heavy (non-hydrogen) atoms. The van der Waals surface area contributed by atoms with Crippen molar-refractivity contribution in [2.24, 2.45) is 0 Å². The summed E-state index contributed by atoms with van der Waals surface area (Å²) in [5.74, 6) is -2.46. The number of carbonyl (C=O) groups excluding carboxylic acids is 2. The minimum Gasteiger partial charge on any atom is -0.290 e. The number of amides is 1. The first kappa shape index (κ1) is 8.73. The zero-order valence-electron chi connectivity index (χ0n) is 4.44. The molecule has 58 valence electrons. The molecule has 0 aromatic rings. The minimum absolute atomic E-state index is 0.448. The second-order valence-electron chi connectivity index (χ2n) is 1.20. The molecule has 0 aromatic heterocycles. The molecule has 0 radical (unpaired) electrons. The summed E-state index contributed by atoms with van der Waals surface area (Å²) in [4.78, 5) is 21.1. The molecule has 4 nitrogen and oxygen atoms in total. The standard InChI is InChI=1S/C3H2F3NO3/c4-3(5,7-1-8)2(9)10-6/h1H,(H,7,8). The summed E-state index contributed by atoms with van der Waals surface area (Å²) >= 11 is 0. The Morgan fingerprint density at radius 1 is 1.60 bits per heavy atom. The molecule has 0 aliphatic heterocycles. The fourth-order valence-electron chi connectivity index (χ4n) is 0.181. The molecule has 0 unspecified atom stereocenters. The highest BCUT2D eigenvalue weighted by Gasteiger charge is 2.41. The van der Waals surface area contributed by atoms with Gasteiger partial charge in [-0.15, -0.1) is 0 Å². The Labute approximate surface area is 52.9 Å². The number of alkyl halides is 2. The van der Waals surface area contributed by atoms with E-state index in [2.05, 4.69) is 4.94 Å². The van der Waals surface area contributed by atoms with Gasteiger partial charge >= 0.3 is 12.0 Å². The molecular formula is C3H2F3NO3. The van der Waals surface area contributed by atoms with Crippen molar-refractivity contribution in [1.29, 1.82) is 0 Å². The number of hydrogen-bond acceptors (Lipinski definition) is 3. The average molecular weight is 157 g/mol. The van der Waals surface area contributed by atoms with Crippen LogP contribution in [-0.4, -0.2) is 18.4 Å². The summed E-state index contributed by atoms with van der Waals surface area (Å²) in [5, 5.41) is 0.744. The van der Waals surface area contributed by atoms with E-state index in [9.17, 15) is 22.9 Å². The molecule has 0 saturated heterocycles. The predicted molar refractivity (Wildman–Crippen MR) is 21.3 cm³/mol. The molecule has 0 atom stereocenters. The Morgan fingerprint density at radius 3 is 2.40 bits per heavy atom. The molecule has 0 aliphatic carbocycles. The number of carbonyl (C=O) groups is 2. The summed E-state index contributed by atoms with van der Waals surface area (Å²) < 4.78 is 34.2. The fourth-order valence-corrected chi connectivity index (χ4v) is 0.181. The van der Waals surface area contributed by atoms with Crippen molar-refractivity contribution in [2.75, 3.05) is 0 Å². The molecule has 7 heteroatoms. The molecule has 0 rings (SSSR count). The van der Waals surface area contributed by atoms with Gasteiger partial charge in [0, 0.05) is 4.53 Å². The van der Waals surface area contributed by atoms with E-state index >= 15 is 0 Å². The van der Waals surface area contributed by atoms with Gasteiger partial charge in [0.1, 0.15) is 0 Å².